The first kappa shape index (κ1) is 16.5. The van der Waals surface area contributed by atoms with Crippen LogP contribution in [0.5, 0.6) is 0 Å². The summed E-state index contributed by atoms with van der Waals surface area (Å²) in [5.41, 5.74) is -0.868. The number of ketones is 1. The minimum absolute atomic E-state index is 0.385. The van der Waals surface area contributed by atoms with Crippen LogP contribution >= 0.6 is 0 Å². The number of ether oxygens (including phenoxy) is 1. The van der Waals surface area contributed by atoms with Gasteiger partial charge in [0.25, 0.3) is 11.8 Å². The van der Waals surface area contributed by atoms with Gasteiger partial charge in [-0.25, -0.2) is 13.2 Å². The molecule has 1 aliphatic heterocycles. The van der Waals surface area contributed by atoms with Crippen molar-refractivity contribution in [2.24, 2.45) is 5.92 Å². The molecule has 0 aromatic heterocycles. The van der Waals surface area contributed by atoms with Gasteiger partial charge in [-0.05, 0) is 25.0 Å². The standard InChI is InChI=1S/C15H16F3NO3/c1-15(17,18)10-2-3-11(16)12(8-10)19-14(21)13(20)9-4-6-22-7-5-9/h2-3,8-9H,4-7H2,1H3,(H,19,21). The molecule has 120 valence electrons. The Labute approximate surface area is 125 Å². The lowest BCUT2D eigenvalue weighted by Crippen LogP contribution is -2.33. The Morgan fingerprint density at radius 1 is 1.27 bits per heavy atom. The average Bonchev–Trinajstić information content (AvgIpc) is 2.48. The van der Waals surface area contributed by atoms with Gasteiger partial charge in [0.1, 0.15) is 5.82 Å². The van der Waals surface area contributed by atoms with E-state index in [1.165, 1.54) is 0 Å². The number of carbonyl (C=O) groups excluding carboxylic acids is 2. The zero-order valence-corrected chi connectivity index (χ0v) is 12.0. The third kappa shape index (κ3) is 3.85. The first-order valence-electron chi connectivity index (χ1n) is 6.90. The summed E-state index contributed by atoms with van der Waals surface area (Å²) < 4.78 is 45.2. The molecule has 1 amide bonds. The molecule has 0 saturated carbocycles. The lowest BCUT2D eigenvalue weighted by atomic mass is 9.95. The van der Waals surface area contributed by atoms with Crippen molar-refractivity contribution in [2.45, 2.75) is 25.7 Å². The van der Waals surface area contributed by atoms with Gasteiger partial charge >= 0.3 is 0 Å². The van der Waals surface area contributed by atoms with E-state index in [-0.39, 0.29) is 0 Å². The monoisotopic (exact) mass is 315 g/mol. The molecule has 0 atom stereocenters. The van der Waals surface area contributed by atoms with Gasteiger partial charge in [-0.3, -0.25) is 9.59 Å². The number of amides is 1. The van der Waals surface area contributed by atoms with Gasteiger partial charge in [-0.15, -0.1) is 0 Å². The van der Waals surface area contributed by atoms with Crippen LogP contribution in [0.1, 0.15) is 25.3 Å². The van der Waals surface area contributed by atoms with Crippen molar-refractivity contribution in [1.29, 1.82) is 0 Å². The van der Waals surface area contributed by atoms with Gasteiger partial charge in [-0.2, -0.15) is 0 Å². The third-order valence-corrected chi connectivity index (χ3v) is 3.54. The van der Waals surface area contributed by atoms with Gasteiger partial charge in [0.2, 0.25) is 5.78 Å². The number of halogens is 3. The molecule has 2 rings (SSSR count). The largest absolute Gasteiger partial charge is 0.381 e. The molecule has 22 heavy (non-hydrogen) atoms. The minimum Gasteiger partial charge on any atom is -0.381 e. The Morgan fingerprint density at radius 3 is 2.50 bits per heavy atom. The van der Waals surface area contributed by atoms with Crippen molar-refractivity contribution in [3.63, 3.8) is 0 Å². The van der Waals surface area contributed by atoms with Crippen LogP contribution in [-0.2, 0) is 20.2 Å². The van der Waals surface area contributed by atoms with Crippen LogP contribution in [0.4, 0.5) is 18.9 Å². The molecule has 7 heteroatoms. The number of alkyl halides is 2. The fourth-order valence-corrected chi connectivity index (χ4v) is 2.22. The summed E-state index contributed by atoms with van der Waals surface area (Å²) in [6.45, 7) is 1.43. The van der Waals surface area contributed by atoms with Crippen LogP contribution in [-0.4, -0.2) is 24.9 Å². The first-order valence-corrected chi connectivity index (χ1v) is 6.90. The molecule has 1 saturated heterocycles. The normalized spacial score (nSPS) is 16.4. The fourth-order valence-electron chi connectivity index (χ4n) is 2.22. The molecule has 0 unspecified atom stereocenters. The Morgan fingerprint density at radius 2 is 1.91 bits per heavy atom. The molecule has 0 aliphatic carbocycles. The molecule has 0 radical (unpaired) electrons. The first-order chi connectivity index (χ1) is 10.3. The van der Waals surface area contributed by atoms with E-state index in [0.717, 1.165) is 18.2 Å². The maximum absolute atomic E-state index is 13.6. The van der Waals surface area contributed by atoms with Crippen molar-refractivity contribution < 1.29 is 27.5 Å². The van der Waals surface area contributed by atoms with Gasteiger partial charge in [0, 0.05) is 31.6 Å². The van der Waals surface area contributed by atoms with E-state index < -0.39 is 40.6 Å². The Hall–Kier alpha value is -1.89. The Kier molecular flexibility index (Phi) is 4.85. The number of hydrogen-bond donors (Lipinski definition) is 1. The molecule has 1 aromatic rings. The molecule has 1 aliphatic rings. The van der Waals surface area contributed by atoms with E-state index in [4.69, 9.17) is 4.74 Å². The molecule has 0 spiro atoms. The summed E-state index contributed by atoms with van der Waals surface area (Å²) in [7, 11) is 0. The highest BCUT2D eigenvalue weighted by Crippen LogP contribution is 2.30. The summed E-state index contributed by atoms with van der Waals surface area (Å²) in [6, 6.07) is 2.61. The molecular weight excluding hydrogens is 299 g/mol. The molecule has 1 aromatic carbocycles. The van der Waals surface area contributed by atoms with Crippen molar-refractivity contribution >= 4 is 17.4 Å². The number of carbonyl (C=O) groups is 2. The second kappa shape index (κ2) is 6.48. The highest BCUT2D eigenvalue weighted by Gasteiger charge is 2.29. The van der Waals surface area contributed by atoms with Gasteiger partial charge in [0.05, 0.1) is 5.69 Å². The average molecular weight is 315 g/mol. The van der Waals surface area contributed by atoms with Gasteiger partial charge < -0.3 is 10.1 Å². The Bertz CT molecular complexity index is 578. The number of hydrogen-bond acceptors (Lipinski definition) is 3. The molecule has 4 nitrogen and oxygen atoms in total. The number of benzene rings is 1. The molecule has 1 heterocycles. The number of anilines is 1. The van der Waals surface area contributed by atoms with E-state index in [1.54, 1.807) is 0 Å². The number of nitrogens with one attached hydrogen (secondary N) is 1. The summed E-state index contributed by atoms with van der Waals surface area (Å²) >= 11 is 0. The van der Waals surface area contributed by atoms with Crippen LogP contribution in [0.25, 0.3) is 0 Å². The van der Waals surface area contributed by atoms with Crippen molar-refractivity contribution in [3.8, 4) is 0 Å². The summed E-state index contributed by atoms with van der Waals surface area (Å²) in [4.78, 5) is 23.8. The fraction of sp³-hybridized carbons (Fsp3) is 0.467. The number of Topliss-reactive ketones (excluding diaryl/α,β-unsaturated/α-hetero) is 1. The number of rotatable bonds is 4. The predicted molar refractivity (Wildman–Crippen MR) is 73.1 cm³/mol. The highest BCUT2D eigenvalue weighted by atomic mass is 19.3. The molecule has 1 N–H and O–H groups in total. The van der Waals surface area contributed by atoms with Crippen molar-refractivity contribution in [1.82, 2.24) is 0 Å². The maximum atomic E-state index is 13.6. The lowest BCUT2D eigenvalue weighted by Gasteiger charge is -2.20. The van der Waals surface area contributed by atoms with E-state index >= 15 is 0 Å². The highest BCUT2D eigenvalue weighted by molar-refractivity contribution is 6.41. The smallest absolute Gasteiger partial charge is 0.292 e. The van der Waals surface area contributed by atoms with Gasteiger partial charge in [-0.1, -0.05) is 6.07 Å². The topological polar surface area (TPSA) is 55.4 Å². The molecular formula is C15H16F3NO3. The van der Waals surface area contributed by atoms with Gasteiger partial charge in [0.15, 0.2) is 0 Å². The van der Waals surface area contributed by atoms with E-state index in [9.17, 15) is 22.8 Å². The van der Waals surface area contributed by atoms with Crippen molar-refractivity contribution in [2.75, 3.05) is 18.5 Å². The van der Waals surface area contributed by atoms with Crippen LogP contribution < -0.4 is 5.32 Å². The third-order valence-electron chi connectivity index (χ3n) is 3.54. The van der Waals surface area contributed by atoms with Crippen molar-refractivity contribution in [3.05, 3.63) is 29.6 Å². The second-order valence-corrected chi connectivity index (χ2v) is 5.29. The minimum atomic E-state index is -3.17. The van der Waals surface area contributed by atoms with Crippen LogP contribution in [0, 0.1) is 11.7 Å². The maximum Gasteiger partial charge on any atom is 0.292 e. The summed E-state index contributed by atoms with van der Waals surface area (Å²) in [5, 5.41) is 2.08. The van der Waals surface area contributed by atoms with Crippen LogP contribution in [0.3, 0.4) is 0 Å². The zero-order valence-electron chi connectivity index (χ0n) is 12.0. The van der Waals surface area contributed by atoms with E-state index in [2.05, 4.69) is 5.32 Å². The second-order valence-electron chi connectivity index (χ2n) is 5.29. The quantitative estimate of drug-likeness (QED) is 0.869. The molecule has 1 fully saturated rings. The SMILES string of the molecule is CC(F)(F)c1ccc(F)c(NC(=O)C(=O)C2CCOCC2)c1. The van der Waals surface area contributed by atoms with E-state index in [0.29, 0.717) is 33.0 Å². The van der Waals surface area contributed by atoms with Crippen LogP contribution in [0.2, 0.25) is 0 Å². The lowest BCUT2D eigenvalue weighted by molar-refractivity contribution is -0.139. The summed E-state index contributed by atoms with van der Waals surface area (Å²) in [5.74, 6) is -6.20. The van der Waals surface area contributed by atoms with E-state index in [1.807, 2.05) is 0 Å². The van der Waals surface area contributed by atoms with Crippen LogP contribution in [0.15, 0.2) is 18.2 Å². The zero-order chi connectivity index (χ0) is 16.3. The predicted octanol–water partition coefficient (Wildman–Crippen LogP) is 2.87. The molecule has 0 bridgehead atoms. The Balaban J connectivity index is 2.12. The summed E-state index contributed by atoms with van der Waals surface area (Å²) in [6.07, 6.45) is 0.837.